The molecule has 1 unspecified atom stereocenters. The van der Waals surface area contributed by atoms with Crippen molar-refractivity contribution in [2.45, 2.75) is 37.5 Å². The molecule has 0 rings (SSSR count). The predicted molar refractivity (Wildman–Crippen MR) is 59.7 cm³/mol. The van der Waals surface area contributed by atoms with Crippen LogP contribution < -0.4 is 0 Å². The number of alkyl halides is 11. The maximum Gasteiger partial charge on any atom is 0.455 e. The van der Waals surface area contributed by atoms with Crippen LogP contribution in [0, 0.1) is 5.92 Å². The lowest BCUT2D eigenvalue weighted by atomic mass is 10.1. The van der Waals surface area contributed by atoms with E-state index in [1.54, 1.807) is 0 Å². The highest BCUT2D eigenvalue weighted by molar-refractivity contribution is 4.78. The summed E-state index contributed by atoms with van der Waals surface area (Å²) in [4.78, 5) is 0. The van der Waals surface area contributed by atoms with Gasteiger partial charge in [0, 0.05) is 6.61 Å². The van der Waals surface area contributed by atoms with E-state index in [4.69, 9.17) is 5.11 Å². The normalized spacial score (nSPS) is 14.9. The Morgan fingerprint density at radius 3 is 1.29 bits per heavy atom. The predicted octanol–water partition coefficient (Wildman–Crippen LogP) is 4.37. The first kappa shape index (κ1) is 25.4. The van der Waals surface area contributed by atoms with Gasteiger partial charge >= 0.3 is 24.2 Å². The van der Waals surface area contributed by atoms with Crippen molar-refractivity contribution < 1.29 is 58.1 Å². The highest BCUT2D eigenvalue weighted by atomic mass is 19.4. The second-order valence-corrected chi connectivity index (χ2v) is 4.66. The molecule has 1 atom stereocenters. The molecule has 24 heavy (non-hydrogen) atoms. The Balaban J connectivity index is 0. The molecule has 0 aliphatic heterocycles. The van der Waals surface area contributed by atoms with E-state index in [1.807, 2.05) is 6.92 Å². The number of rotatable bonds is 7. The Hall–Kier alpha value is -0.850. The second-order valence-electron chi connectivity index (χ2n) is 4.66. The average Bonchev–Trinajstić information content (AvgIpc) is 2.36. The van der Waals surface area contributed by atoms with Crippen molar-refractivity contribution in [2.24, 2.45) is 5.92 Å². The molecule has 13 heteroatoms. The Morgan fingerprint density at radius 2 is 1.12 bits per heavy atom. The van der Waals surface area contributed by atoms with Crippen LogP contribution in [0.2, 0.25) is 0 Å². The zero-order valence-electron chi connectivity index (χ0n) is 12.1. The molecule has 148 valence electrons. The maximum atomic E-state index is 12.0. The Bertz CT molecular complexity index is 312. The van der Waals surface area contributed by atoms with Crippen LogP contribution in [0.4, 0.5) is 48.3 Å². The summed E-state index contributed by atoms with van der Waals surface area (Å²) >= 11 is 0. The van der Waals surface area contributed by atoms with E-state index >= 15 is 0 Å². The summed E-state index contributed by atoms with van der Waals surface area (Å²) in [7, 11) is 0. The van der Waals surface area contributed by atoms with Gasteiger partial charge in [-0.25, -0.2) is 0 Å². The van der Waals surface area contributed by atoms with Crippen LogP contribution in [0.25, 0.3) is 0 Å². The minimum absolute atomic E-state index is 0.101. The molecule has 0 bridgehead atoms. The molecular weight excluding hydrogens is 373 g/mol. The van der Waals surface area contributed by atoms with Crippen LogP contribution in [-0.4, -0.2) is 55.8 Å². The summed E-state index contributed by atoms with van der Waals surface area (Å²) in [6.07, 6.45) is -11.7. The number of aliphatic hydroxyl groups excluding tert-OH is 1. The summed E-state index contributed by atoms with van der Waals surface area (Å²) in [6, 6.07) is 0. The molecule has 0 spiro atoms. The van der Waals surface area contributed by atoms with Gasteiger partial charge in [-0.05, 0) is 12.3 Å². The summed E-state index contributed by atoms with van der Waals surface area (Å²) < 4.78 is 131. The van der Waals surface area contributed by atoms with E-state index in [1.165, 1.54) is 0 Å². The van der Waals surface area contributed by atoms with Gasteiger partial charge in [0.25, 0.3) is 0 Å². The molecule has 0 aromatic heterocycles. The number of aliphatic hydroxyl groups is 1. The molecular formula is C11H15F11O2. The minimum Gasteiger partial charge on any atom is -0.396 e. The quantitative estimate of drug-likeness (QED) is 0.657. The zero-order chi connectivity index (χ0) is 19.8. The standard InChI is InChI=1S/C6H4F10O.C5H11FO/c7-3(8,5(11,12)13)1-17-2-4(9,10)6(14,15)16;1-5(4-7)2-3-6/h1-2H2;5,7H,2-4H2,1H3. The van der Waals surface area contributed by atoms with Crippen molar-refractivity contribution in [3.05, 3.63) is 0 Å². The largest absolute Gasteiger partial charge is 0.455 e. The Kier molecular flexibility index (Phi) is 10.1. The molecule has 0 aliphatic rings. The lowest BCUT2D eigenvalue weighted by Crippen LogP contribution is -2.45. The van der Waals surface area contributed by atoms with Crippen LogP contribution in [0.3, 0.4) is 0 Å². The van der Waals surface area contributed by atoms with Crippen LogP contribution >= 0.6 is 0 Å². The van der Waals surface area contributed by atoms with E-state index in [0.29, 0.717) is 6.42 Å². The van der Waals surface area contributed by atoms with Crippen molar-refractivity contribution in [3.63, 3.8) is 0 Å². The molecule has 0 saturated carbocycles. The SMILES string of the molecule is CC(CO)CCF.FC(F)(F)C(F)(F)COCC(F)(F)C(F)(F)F. The van der Waals surface area contributed by atoms with Gasteiger partial charge in [0.15, 0.2) is 0 Å². The fourth-order valence-electron chi connectivity index (χ4n) is 0.749. The molecule has 0 aliphatic carbocycles. The van der Waals surface area contributed by atoms with E-state index < -0.39 is 37.4 Å². The fourth-order valence-corrected chi connectivity index (χ4v) is 0.749. The molecule has 2 nitrogen and oxygen atoms in total. The fraction of sp³-hybridized carbons (Fsp3) is 1.00. The van der Waals surface area contributed by atoms with E-state index in [0.717, 1.165) is 0 Å². The highest BCUT2D eigenvalue weighted by Crippen LogP contribution is 2.38. The van der Waals surface area contributed by atoms with Gasteiger partial charge in [0.1, 0.15) is 13.2 Å². The zero-order valence-corrected chi connectivity index (χ0v) is 12.1. The third-order valence-corrected chi connectivity index (χ3v) is 2.31. The number of hydrogen-bond donors (Lipinski definition) is 1. The molecule has 0 radical (unpaired) electrons. The molecule has 0 saturated heterocycles. The van der Waals surface area contributed by atoms with Crippen LogP contribution in [0.15, 0.2) is 0 Å². The van der Waals surface area contributed by atoms with Gasteiger partial charge in [-0.3, -0.25) is 4.39 Å². The Labute approximate surface area is 129 Å². The molecule has 0 aromatic rings. The van der Waals surface area contributed by atoms with E-state index in [9.17, 15) is 48.3 Å². The van der Waals surface area contributed by atoms with Crippen LogP contribution in [-0.2, 0) is 4.74 Å². The summed E-state index contributed by atoms with van der Waals surface area (Å²) in [5, 5.41) is 8.30. The third-order valence-electron chi connectivity index (χ3n) is 2.31. The summed E-state index contributed by atoms with van der Waals surface area (Å²) in [5.41, 5.74) is 0. The molecule has 1 N–H and O–H groups in total. The van der Waals surface area contributed by atoms with Gasteiger partial charge in [0.05, 0.1) is 6.67 Å². The van der Waals surface area contributed by atoms with Crippen molar-refractivity contribution in [1.29, 1.82) is 0 Å². The third kappa shape index (κ3) is 9.45. The van der Waals surface area contributed by atoms with Crippen molar-refractivity contribution in [1.82, 2.24) is 0 Å². The highest BCUT2D eigenvalue weighted by Gasteiger charge is 2.60. The minimum atomic E-state index is -6.08. The number of ether oxygens (including phenoxy) is 1. The van der Waals surface area contributed by atoms with Gasteiger partial charge in [0.2, 0.25) is 0 Å². The molecule has 0 heterocycles. The van der Waals surface area contributed by atoms with Crippen LogP contribution in [0.1, 0.15) is 13.3 Å². The molecule has 0 aromatic carbocycles. The van der Waals surface area contributed by atoms with E-state index in [-0.39, 0.29) is 19.2 Å². The first-order chi connectivity index (χ1) is 10.5. The topological polar surface area (TPSA) is 29.5 Å². The first-order valence-corrected chi connectivity index (χ1v) is 6.15. The summed E-state index contributed by atoms with van der Waals surface area (Å²) in [5.74, 6) is -10.9. The number of hydrogen-bond acceptors (Lipinski definition) is 2. The lowest BCUT2D eigenvalue weighted by Gasteiger charge is -2.22. The number of halogens is 11. The van der Waals surface area contributed by atoms with Crippen molar-refractivity contribution in [2.75, 3.05) is 26.5 Å². The van der Waals surface area contributed by atoms with Gasteiger partial charge in [-0.1, -0.05) is 6.92 Å². The molecule has 0 amide bonds. The molecule has 0 fully saturated rings. The van der Waals surface area contributed by atoms with Gasteiger partial charge in [-0.15, -0.1) is 0 Å². The Morgan fingerprint density at radius 1 is 0.792 bits per heavy atom. The monoisotopic (exact) mass is 388 g/mol. The first-order valence-electron chi connectivity index (χ1n) is 6.15. The van der Waals surface area contributed by atoms with Gasteiger partial charge in [-0.2, -0.15) is 43.9 Å². The lowest BCUT2D eigenvalue weighted by molar-refractivity contribution is -0.320. The average molecular weight is 388 g/mol. The van der Waals surface area contributed by atoms with Crippen LogP contribution in [0.5, 0.6) is 0 Å². The maximum absolute atomic E-state index is 12.0. The van der Waals surface area contributed by atoms with Crippen molar-refractivity contribution in [3.8, 4) is 0 Å². The van der Waals surface area contributed by atoms with Gasteiger partial charge < -0.3 is 9.84 Å². The second kappa shape index (κ2) is 9.59. The smallest absolute Gasteiger partial charge is 0.396 e. The van der Waals surface area contributed by atoms with Crippen molar-refractivity contribution >= 4 is 0 Å². The summed E-state index contributed by atoms with van der Waals surface area (Å²) in [6.45, 7) is -3.62. The van der Waals surface area contributed by atoms with E-state index in [2.05, 4.69) is 4.74 Å².